The summed E-state index contributed by atoms with van der Waals surface area (Å²) in [5.41, 5.74) is 2.46. The van der Waals surface area contributed by atoms with E-state index < -0.39 is 10.0 Å². The van der Waals surface area contributed by atoms with Crippen LogP contribution in [0.1, 0.15) is 43.7 Å². The van der Waals surface area contributed by atoms with Gasteiger partial charge in [-0.25, -0.2) is 8.42 Å². The minimum atomic E-state index is -3.53. The molecule has 0 saturated carbocycles. The summed E-state index contributed by atoms with van der Waals surface area (Å²) in [7, 11) is -3.53. The molecule has 0 bridgehead atoms. The van der Waals surface area contributed by atoms with E-state index in [4.69, 9.17) is 4.74 Å². The number of sulfonamides is 1. The zero-order valence-corrected chi connectivity index (χ0v) is 19.4. The zero-order valence-electron chi connectivity index (χ0n) is 18.6. The first kappa shape index (κ1) is 22.7. The Morgan fingerprint density at radius 2 is 1.87 bits per heavy atom. The second-order valence-corrected chi connectivity index (χ2v) is 10.9. The minimum absolute atomic E-state index is 0.0278. The second kappa shape index (κ2) is 9.98. The maximum absolute atomic E-state index is 13.3. The number of carbonyl (C=O) groups is 1. The molecule has 1 unspecified atom stereocenters. The molecule has 2 aliphatic heterocycles. The minimum Gasteiger partial charge on any atom is -0.379 e. The number of fused-ring (bicyclic) bond motifs is 1. The van der Waals surface area contributed by atoms with E-state index in [-0.39, 0.29) is 11.9 Å². The van der Waals surface area contributed by atoms with Gasteiger partial charge in [-0.2, -0.15) is 4.31 Å². The number of benzene rings is 1. The molecule has 0 radical (unpaired) electrons. The Kier molecular flexibility index (Phi) is 7.31. The number of hydrogen-bond acceptors (Lipinski definition) is 5. The van der Waals surface area contributed by atoms with Crippen LogP contribution in [0.2, 0.25) is 0 Å². The molecule has 7 nitrogen and oxygen atoms in total. The lowest BCUT2D eigenvalue weighted by molar-refractivity contribution is -0.131. The van der Waals surface area contributed by atoms with Crippen LogP contribution >= 0.6 is 0 Å². The molecule has 0 N–H and O–H groups in total. The third kappa shape index (κ3) is 5.30. The molecule has 1 aromatic rings. The van der Waals surface area contributed by atoms with Gasteiger partial charge in [-0.1, -0.05) is 6.07 Å². The van der Waals surface area contributed by atoms with Crippen LogP contribution in [0.4, 0.5) is 0 Å². The Bertz CT molecular complexity index is 883. The average molecular weight is 450 g/mol. The number of rotatable bonds is 7. The molecule has 4 rings (SSSR count). The highest BCUT2D eigenvalue weighted by Gasteiger charge is 2.36. The van der Waals surface area contributed by atoms with Crippen molar-refractivity contribution in [1.29, 1.82) is 0 Å². The van der Waals surface area contributed by atoms with Crippen LogP contribution in [0.25, 0.3) is 0 Å². The van der Waals surface area contributed by atoms with Crippen molar-refractivity contribution >= 4 is 15.9 Å². The van der Waals surface area contributed by atoms with Crippen LogP contribution in [0.5, 0.6) is 0 Å². The smallest absolute Gasteiger partial charge is 0.243 e. The van der Waals surface area contributed by atoms with Gasteiger partial charge in [0, 0.05) is 52.2 Å². The number of amides is 1. The summed E-state index contributed by atoms with van der Waals surface area (Å²) >= 11 is 0. The van der Waals surface area contributed by atoms with Crippen molar-refractivity contribution in [2.24, 2.45) is 0 Å². The fourth-order valence-electron chi connectivity index (χ4n) is 5.09. The van der Waals surface area contributed by atoms with Crippen molar-refractivity contribution in [3.63, 3.8) is 0 Å². The molecular formula is C23H35N3O4S. The summed E-state index contributed by atoms with van der Waals surface area (Å²) in [6, 6.07) is 5.58. The van der Waals surface area contributed by atoms with E-state index in [0.29, 0.717) is 31.0 Å². The van der Waals surface area contributed by atoms with Crippen LogP contribution in [-0.4, -0.2) is 87.0 Å². The SMILES string of the molecule is CC(=O)N(CCCN1CCOCC1)C1CCN(S(=O)(=O)c2ccc3c(c2)CCCC3)C1. The molecule has 172 valence electrons. The van der Waals surface area contributed by atoms with Gasteiger partial charge in [-0.05, 0) is 61.8 Å². The average Bonchev–Trinajstić information content (AvgIpc) is 3.27. The van der Waals surface area contributed by atoms with Crippen molar-refractivity contribution in [3.05, 3.63) is 29.3 Å². The number of hydrogen-bond donors (Lipinski definition) is 0. The van der Waals surface area contributed by atoms with Crippen molar-refractivity contribution in [2.75, 3.05) is 52.5 Å². The maximum Gasteiger partial charge on any atom is 0.243 e. The highest BCUT2D eigenvalue weighted by molar-refractivity contribution is 7.89. The Morgan fingerprint density at radius 1 is 1.13 bits per heavy atom. The van der Waals surface area contributed by atoms with Crippen LogP contribution < -0.4 is 0 Å². The number of aryl methyl sites for hydroxylation is 2. The lowest BCUT2D eigenvalue weighted by Crippen LogP contribution is -2.43. The Hall–Kier alpha value is -1.48. The quantitative estimate of drug-likeness (QED) is 0.636. The summed E-state index contributed by atoms with van der Waals surface area (Å²) in [5.74, 6) is 0.0278. The fourth-order valence-corrected chi connectivity index (χ4v) is 6.63. The van der Waals surface area contributed by atoms with Crippen LogP contribution in [0, 0.1) is 0 Å². The Labute approximate surface area is 186 Å². The summed E-state index contributed by atoms with van der Waals surface area (Å²) < 4.78 is 33.5. The third-order valence-electron chi connectivity index (χ3n) is 6.91. The molecule has 1 atom stereocenters. The van der Waals surface area contributed by atoms with Gasteiger partial charge in [0.2, 0.25) is 15.9 Å². The lowest BCUT2D eigenvalue weighted by Gasteiger charge is -2.30. The molecule has 1 aromatic carbocycles. The highest BCUT2D eigenvalue weighted by Crippen LogP contribution is 2.28. The highest BCUT2D eigenvalue weighted by atomic mass is 32.2. The van der Waals surface area contributed by atoms with E-state index in [1.165, 1.54) is 17.5 Å². The van der Waals surface area contributed by atoms with E-state index in [1.54, 1.807) is 17.3 Å². The summed E-state index contributed by atoms with van der Waals surface area (Å²) in [5, 5.41) is 0. The summed E-state index contributed by atoms with van der Waals surface area (Å²) in [6.45, 7) is 7.49. The predicted molar refractivity (Wildman–Crippen MR) is 120 cm³/mol. The maximum atomic E-state index is 13.3. The van der Waals surface area contributed by atoms with E-state index in [1.807, 2.05) is 17.0 Å². The molecule has 1 amide bonds. The first-order valence-electron chi connectivity index (χ1n) is 11.6. The van der Waals surface area contributed by atoms with Crippen molar-refractivity contribution in [1.82, 2.24) is 14.1 Å². The van der Waals surface area contributed by atoms with E-state index >= 15 is 0 Å². The number of nitrogens with zero attached hydrogens (tertiary/aromatic N) is 3. The van der Waals surface area contributed by atoms with E-state index in [0.717, 1.165) is 58.5 Å². The molecule has 0 aromatic heterocycles. The van der Waals surface area contributed by atoms with Gasteiger partial charge in [-0.3, -0.25) is 9.69 Å². The van der Waals surface area contributed by atoms with Gasteiger partial charge in [0.25, 0.3) is 0 Å². The zero-order chi connectivity index (χ0) is 21.8. The number of carbonyl (C=O) groups excluding carboxylic acids is 1. The van der Waals surface area contributed by atoms with Gasteiger partial charge in [-0.15, -0.1) is 0 Å². The van der Waals surface area contributed by atoms with Crippen LogP contribution in [0.15, 0.2) is 23.1 Å². The number of ether oxygens (including phenoxy) is 1. The monoisotopic (exact) mass is 449 g/mol. The number of morpholine rings is 1. The third-order valence-corrected chi connectivity index (χ3v) is 8.77. The molecule has 2 heterocycles. The molecule has 2 saturated heterocycles. The van der Waals surface area contributed by atoms with Gasteiger partial charge < -0.3 is 9.64 Å². The second-order valence-electron chi connectivity index (χ2n) is 8.96. The molecule has 0 spiro atoms. The molecule has 31 heavy (non-hydrogen) atoms. The van der Waals surface area contributed by atoms with Crippen molar-refractivity contribution in [3.8, 4) is 0 Å². The van der Waals surface area contributed by atoms with Crippen molar-refractivity contribution in [2.45, 2.75) is 56.4 Å². The predicted octanol–water partition coefficient (Wildman–Crippen LogP) is 1.90. The summed E-state index contributed by atoms with van der Waals surface area (Å²) in [6.07, 6.45) is 5.90. The van der Waals surface area contributed by atoms with Gasteiger partial charge in [0.05, 0.1) is 18.1 Å². The van der Waals surface area contributed by atoms with Gasteiger partial charge >= 0.3 is 0 Å². The first-order chi connectivity index (χ1) is 14.9. The lowest BCUT2D eigenvalue weighted by atomic mass is 9.92. The molecular weight excluding hydrogens is 414 g/mol. The van der Waals surface area contributed by atoms with Gasteiger partial charge in [0.15, 0.2) is 0 Å². The van der Waals surface area contributed by atoms with E-state index in [9.17, 15) is 13.2 Å². The summed E-state index contributed by atoms with van der Waals surface area (Å²) in [4.78, 5) is 17.0. The normalized spacial score (nSPS) is 22.9. The first-order valence-corrected chi connectivity index (χ1v) is 13.1. The van der Waals surface area contributed by atoms with Crippen molar-refractivity contribution < 1.29 is 17.9 Å². The standard InChI is InChI=1S/C23H35N3O4S/c1-19(27)26(11-4-10-24-13-15-30-16-14-24)22-9-12-25(18-22)31(28,29)23-8-7-20-5-2-3-6-21(20)17-23/h7-8,17,22H,2-6,9-16,18H2,1H3. The Morgan fingerprint density at radius 3 is 2.61 bits per heavy atom. The largest absolute Gasteiger partial charge is 0.379 e. The molecule has 8 heteroatoms. The topological polar surface area (TPSA) is 70.2 Å². The fraction of sp³-hybridized carbons (Fsp3) is 0.696. The van der Waals surface area contributed by atoms with Crippen LogP contribution in [0.3, 0.4) is 0 Å². The van der Waals surface area contributed by atoms with Gasteiger partial charge in [0.1, 0.15) is 0 Å². The molecule has 1 aliphatic carbocycles. The molecule has 2 fully saturated rings. The van der Waals surface area contributed by atoms with Crippen LogP contribution in [-0.2, 0) is 32.4 Å². The molecule has 3 aliphatic rings. The van der Waals surface area contributed by atoms with E-state index in [2.05, 4.69) is 4.90 Å². The Balaban J connectivity index is 1.37.